The molecule has 1 unspecified atom stereocenters. The summed E-state index contributed by atoms with van der Waals surface area (Å²) in [5.41, 5.74) is 7.96. The first-order valence-electron chi connectivity index (χ1n) is 8.58. The third-order valence-corrected chi connectivity index (χ3v) is 4.87. The fourth-order valence-corrected chi connectivity index (χ4v) is 3.45. The van der Waals surface area contributed by atoms with E-state index in [-0.39, 0.29) is 17.7 Å². The van der Waals surface area contributed by atoms with Gasteiger partial charge in [-0.3, -0.25) is 9.59 Å². The van der Waals surface area contributed by atoms with Crippen LogP contribution in [0.4, 0.5) is 5.69 Å². The van der Waals surface area contributed by atoms with Crippen molar-refractivity contribution >= 4 is 17.5 Å². The molecule has 0 spiro atoms. The Kier molecular flexibility index (Phi) is 5.04. The molecule has 0 saturated carbocycles. The third-order valence-electron chi connectivity index (χ3n) is 4.87. The van der Waals surface area contributed by atoms with Crippen LogP contribution in [-0.2, 0) is 9.53 Å². The van der Waals surface area contributed by atoms with E-state index in [2.05, 4.69) is 0 Å². The van der Waals surface area contributed by atoms with Crippen LogP contribution in [0, 0.1) is 12.8 Å². The quantitative estimate of drug-likeness (QED) is 0.829. The van der Waals surface area contributed by atoms with Crippen molar-refractivity contribution in [3.05, 3.63) is 29.3 Å². The number of nitrogen functional groups attached to an aromatic ring is 1. The number of morpholine rings is 1. The fourth-order valence-electron chi connectivity index (χ4n) is 3.45. The van der Waals surface area contributed by atoms with Crippen molar-refractivity contribution in [3.63, 3.8) is 0 Å². The number of benzene rings is 1. The molecular formula is C18H25N3O3. The molecule has 2 fully saturated rings. The lowest BCUT2D eigenvalue weighted by molar-refractivity contribution is -0.141. The summed E-state index contributed by atoms with van der Waals surface area (Å²) in [6.45, 7) is 5.60. The minimum Gasteiger partial charge on any atom is -0.399 e. The average Bonchev–Trinajstić information content (AvgIpc) is 2.63. The first kappa shape index (κ1) is 16.8. The molecule has 2 heterocycles. The number of aryl methyl sites for hydroxylation is 1. The van der Waals surface area contributed by atoms with Crippen LogP contribution in [0.5, 0.6) is 0 Å². The zero-order valence-electron chi connectivity index (χ0n) is 14.2. The third kappa shape index (κ3) is 3.53. The number of anilines is 1. The average molecular weight is 331 g/mol. The van der Waals surface area contributed by atoms with Gasteiger partial charge in [-0.15, -0.1) is 0 Å². The highest BCUT2D eigenvalue weighted by atomic mass is 16.5. The Labute approximate surface area is 142 Å². The van der Waals surface area contributed by atoms with Crippen molar-refractivity contribution in [2.45, 2.75) is 19.8 Å². The number of nitrogens with zero attached hydrogens (tertiary/aromatic N) is 2. The number of carbonyl (C=O) groups is 2. The zero-order chi connectivity index (χ0) is 17.1. The van der Waals surface area contributed by atoms with E-state index in [1.165, 1.54) is 0 Å². The SMILES string of the molecule is Cc1ccc(N)cc1C(=O)N1CCCC(C(=O)N2CCOCC2)C1. The number of hydrogen-bond acceptors (Lipinski definition) is 4. The van der Waals surface area contributed by atoms with Crippen molar-refractivity contribution in [3.8, 4) is 0 Å². The first-order chi connectivity index (χ1) is 11.6. The van der Waals surface area contributed by atoms with E-state index in [4.69, 9.17) is 10.5 Å². The van der Waals surface area contributed by atoms with Crippen LogP contribution in [0.15, 0.2) is 18.2 Å². The van der Waals surface area contributed by atoms with Crippen molar-refractivity contribution in [2.75, 3.05) is 45.1 Å². The number of hydrogen-bond donors (Lipinski definition) is 1. The van der Waals surface area contributed by atoms with Crippen LogP contribution in [0.2, 0.25) is 0 Å². The number of amides is 2. The largest absolute Gasteiger partial charge is 0.399 e. The monoisotopic (exact) mass is 331 g/mol. The minimum atomic E-state index is -0.109. The molecular weight excluding hydrogens is 306 g/mol. The van der Waals surface area contributed by atoms with Gasteiger partial charge in [-0.2, -0.15) is 0 Å². The molecule has 6 heteroatoms. The molecule has 2 aliphatic rings. The maximum absolute atomic E-state index is 12.8. The van der Waals surface area contributed by atoms with Crippen molar-refractivity contribution in [1.82, 2.24) is 9.80 Å². The smallest absolute Gasteiger partial charge is 0.254 e. The molecule has 1 aromatic carbocycles. The highest BCUT2D eigenvalue weighted by molar-refractivity contribution is 5.97. The van der Waals surface area contributed by atoms with Crippen LogP contribution >= 0.6 is 0 Å². The Hall–Kier alpha value is -2.08. The zero-order valence-corrected chi connectivity index (χ0v) is 14.2. The molecule has 0 radical (unpaired) electrons. The Morgan fingerprint density at radius 1 is 1.17 bits per heavy atom. The summed E-state index contributed by atoms with van der Waals surface area (Å²) in [5.74, 6) is 0.0153. The van der Waals surface area contributed by atoms with Crippen LogP contribution in [-0.4, -0.2) is 61.0 Å². The summed E-state index contributed by atoms with van der Waals surface area (Å²) in [5, 5.41) is 0. The van der Waals surface area contributed by atoms with E-state index >= 15 is 0 Å². The first-order valence-corrected chi connectivity index (χ1v) is 8.58. The molecule has 2 N–H and O–H groups in total. The van der Waals surface area contributed by atoms with Crippen LogP contribution in [0.1, 0.15) is 28.8 Å². The van der Waals surface area contributed by atoms with Crippen LogP contribution in [0.25, 0.3) is 0 Å². The molecule has 6 nitrogen and oxygen atoms in total. The Balaban J connectivity index is 1.69. The number of likely N-dealkylation sites (tertiary alicyclic amines) is 1. The lowest BCUT2D eigenvalue weighted by atomic mass is 9.95. The summed E-state index contributed by atoms with van der Waals surface area (Å²) in [4.78, 5) is 29.2. The summed E-state index contributed by atoms with van der Waals surface area (Å²) in [6, 6.07) is 5.39. The van der Waals surface area contributed by atoms with Gasteiger partial charge in [0.2, 0.25) is 5.91 Å². The van der Waals surface area contributed by atoms with E-state index < -0.39 is 0 Å². The van der Waals surface area contributed by atoms with Gasteiger partial charge >= 0.3 is 0 Å². The van der Waals surface area contributed by atoms with Gasteiger partial charge in [-0.25, -0.2) is 0 Å². The van der Waals surface area contributed by atoms with Crippen molar-refractivity contribution < 1.29 is 14.3 Å². The topological polar surface area (TPSA) is 75.9 Å². The van der Waals surface area contributed by atoms with Crippen molar-refractivity contribution in [1.29, 1.82) is 0 Å². The van der Waals surface area contributed by atoms with Crippen molar-refractivity contribution in [2.24, 2.45) is 5.92 Å². The second-order valence-electron chi connectivity index (χ2n) is 6.60. The summed E-state index contributed by atoms with van der Waals surface area (Å²) in [7, 11) is 0. The highest BCUT2D eigenvalue weighted by Gasteiger charge is 2.32. The van der Waals surface area contributed by atoms with Gasteiger partial charge in [-0.05, 0) is 37.5 Å². The van der Waals surface area contributed by atoms with E-state index in [9.17, 15) is 9.59 Å². The van der Waals surface area contributed by atoms with Gasteiger partial charge < -0.3 is 20.3 Å². The van der Waals surface area contributed by atoms with Gasteiger partial charge in [0.05, 0.1) is 19.1 Å². The molecule has 3 rings (SSSR count). The van der Waals surface area contributed by atoms with Gasteiger partial charge in [0.1, 0.15) is 0 Å². The number of ether oxygens (including phenoxy) is 1. The summed E-state index contributed by atoms with van der Waals surface area (Å²) in [6.07, 6.45) is 1.70. The molecule has 2 amide bonds. The standard InChI is InChI=1S/C18H25N3O3/c1-13-4-5-15(19)11-16(13)18(23)21-6-2-3-14(12-21)17(22)20-7-9-24-10-8-20/h4-5,11,14H,2-3,6-10,12,19H2,1H3. The number of piperidine rings is 1. The fraction of sp³-hybridized carbons (Fsp3) is 0.556. The van der Waals surface area contributed by atoms with Gasteiger partial charge in [0, 0.05) is 37.4 Å². The molecule has 2 aliphatic heterocycles. The number of carbonyl (C=O) groups excluding carboxylic acids is 2. The van der Waals surface area contributed by atoms with E-state index in [0.717, 1.165) is 18.4 Å². The maximum Gasteiger partial charge on any atom is 0.254 e. The molecule has 1 atom stereocenters. The van der Waals surface area contributed by atoms with Gasteiger partial charge in [0.25, 0.3) is 5.91 Å². The number of nitrogens with two attached hydrogens (primary N) is 1. The predicted molar refractivity (Wildman–Crippen MR) is 91.6 cm³/mol. The highest BCUT2D eigenvalue weighted by Crippen LogP contribution is 2.23. The Morgan fingerprint density at radius 3 is 2.67 bits per heavy atom. The predicted octanol–water partition coefficient (Wildman–Crippen LogP) is 1.29. The summed E-state index contributed by atoms with van der Waals surface area (Å²) < 4.78 is 5.31. The second kappa shape index (κ2) is 7.21. The Morgan fingerprint density at radius 2 is 1.92 bits per heavy atom. The van der Waals surface area contributed by atoms with E-state index in [1.54, 1.807) is 17.0 Å². The van der Waals surface area contributed by atoms with E-state index in [1.807, 2.05) is 17.9 Å². The molecule has 0 aromatic heterocycles. The lowest BCUT2D eigenvalue weighted by Gasteiger charge is -2.36. The molecule has 2 saturated heterocycles. The molecule has 0 aliphatic carbocycles. The maximum atomic E-state index is 12.8. The molecule has 24 heavy (non-hydrogen) atoms. The molecule has 1 aromatic rings. The normalized spacial score (nSPS) is 21.6. The van der Waals surface area contributed by atoms with Gasteiger partial charge in [-0.1, -0.05) is 6.07 Å². The number of rotatable bonds is 2. The lowest BCUT2D eigenvalue weighted by Crippen LogP contribution is -2.49. The minimum absolute atomic E-state index is 0.0284. The van der Waals surface area contributed by atoms with Crippen LogP contribution in [0.3, 0.4) is 0 Å². The van der Waals surface area contributed by atoms with Gasteiger partial charge in [0.15, 0.2) is 0 Å². The molecule has 130 valence electrons. The second-order valence-corrected chi connectivity index (χ2v) is 6.60. The van der Waals surface area contributed by atoms with Crippen LogP contribution < -0.4 is 5.73 Å². The molecule has 0 bridgehead atoms. The summed E-state index contributed by atoms with van der Waals surface area (Å²) >= 11 is 0. The van der Waals surface area contributed by atoms with E-state index in [0.29, 0.717) is 50.6 Å². The Bertz CT molecular complexity index is 626.